The van der Waals surface area contributed by atoms with Gasteiger partial charge in [0.1, 0.15) is 0 Å². The number of aliphatic hydroxyl groups excluding tert-OH is 2. The maximum atomic E-state index is 11.7. The van der Waals surface area contributed by atoms with Gasteiger partial charge in [0.05, 0.1) is 18.6 Å². The topological polar surface area (TPSA) is 96.2 Å². The lowest BCUT2D eigenvalue weighted by molar-refractivity contribution is -0.151. The zero-order chi connectivity index (χ0) is 15.6. The second kappa shape index (κ2) is 6.23. The first-order valence-corrected chi connectivity index (χ1v) is 7.46. The lowest BCUT2D eigenvalue weighted by Crippen LogP contribution is -2.36. The van der Waals surface area contributed by atoms with E-state index in [9.17, 15) is 20.1 Å². The van der Waals surface area contributed by atoms with Gasteiger partial charge in [-0.1, -0.05) is 13.8 Å². The Kier molecular flexibility index (Phi) is 4.78. The number of ether oxygens (including phenoxy) is 2. The quantitative estimate of drug-likeness (QED) is 0.723. The summed E-state index contributed by atoms with van der Waals surface area (Å²) in [5, 5.41) is 28.1. The molecular weight excluding hydrogens is 276 g/mol. The van der Waals surface area contributed by atoms with Crippen molar-refractivity contribution in [1.29, 1.82) is 0 Å². The van der Waals surface area contributed by atoms with E-state index in [0.29, 0.717) is 25.2 Å². The number of carboxylic acids is 1. The molecule has 6 nitrogen and oxygen atoms in total. The van der Waals surface area contributed by atoms with Gasteiger partial charge in [0.15, 0.2) is 12.2 Å². The van der Waals surface area contributed by atoms with E-state index in [1.165, 1.54) is 0 Å². The highest BCUT2D eigenvalue weighted by Gasteiger charge is 2.45. The third-order valence-electron chi connectivity index (χ3n) is 4.60. The number of hydrogen-bond acceptors (Lipinski definition) is 5. The minimum absolute atomic E-state index is 0.227. The molecule has 3 N–H and O–H groups in total. The summed E-state index contributed by atoms with van der Waals surface area (Å²) in [5.41, 5.74) is 0.0612. The largest absolute Gasteiger partial charge is 0.481 e. The molecule has 0 aromatic heterocycles. The number of rotatable bonds is 4. The highest BCUT2D eigenvalue weighted by molar-refractivity contribution is 5.75. The minimum atomic E-state index is -0.787. The predicted octanol–water partition coefficient (Wildman–Crippen LogP) is 1.27. The Morgan fingerprint density at radius 3 is 2.29 bits per heavy atom. The molecule has 0 aromatic rings. The van der Waals surface area contributed by atoms with Crippen LogP contribution in [-0.2, 0) is 14.3 Å². The molecule has 1 saturated carbocycles. The Morgan fingerprint density at radius 1 is 1.29 bits per heavy atom. The van der Waals surface area contributed by atoms with Crippen LogP contribution < -0.4 is 0 Å². The van der Waals surface area contributed by atoms with E-state index in [1.54, 1.807) is 0 Å². The zero-order valence-corrected chi connectivity index (χ0v) is 12.5. The molecule has 2 aliphatic rings. The third-order valence-corrected chi connectivity index (χ3v) is 4.60. The molecule has 0 amide bonds. The SMILES string of the molecule is CCC1(C(=O)O)CC(=C2OC(CO)C(CO)O2)CC(C)C1. The van der Waals surface area contributed by atoms with Gasteiger partial charge in [0.2, 0.25) is 0 Å². The standard InChI is InChI=1S/C15H24O6/c1-3-15(14(18)19)5-9(2)4-10(6-15)13-20-11(7-16)12(8-17)21-13/h9,11-12,16-17H,3-8H2,1-2H3,(H,18,19). The predicted molar refractivity (Wildman–Crippen MR) is 74.3 cm³/mol. The van der Waals surface area contributed by atoms with Crippen LogP contribution in [0.2, 0.25) is 0 Å². The summed E-state index contributed by atoms with van der Waals surface area (Å²) in [6, 6.07) is 0. The smallest absolute Gasteiger partial charge is 0.309 e. The molecule has 1 aliphatic carbocycles. The fourth-order valence-corrected chi connectivity index (χ4v) is 3.38. The molecule has 6 heteroatoms. The average Bonchev–Trinajstić information content (AvgIpc) is 2.89. The van der Waals surface area contributed by atoms with Crippen molar-refractivity contribution in [2.45, 2.75) is 51.7 Å². The first kappa shape index (κ1) is 16.1. The minimum Gasteiger partial charge on any atom is -0.481 e. The summed E-state index contributed by atoms with van der Waals surface area (Å²) in [4.78, 5) is 11.7. The van der Waals surface area contributed by atoms with Crippen LogP contribution in [-0.4, -0.2) is 46.7 Å². The van der Waals surface area contributed by atoms with E-state index in [0.717, 1.165) is 12.0 Å². The number of aliphatic hydroxyl groups is 2. The van der Waals surface area contributed by atoms with Crippen molar-refractivity contribution < 1.29 is 29.6 Å². The van der Waals surface area contributed by atoms with Crippen molar-refractivity contribution in [3.05, 3.63) is 11.5 Å². The van der Waals surface area contributed by atoms with Crippen molar-refractivity contribution in [3.8, 4) is 0 Å². The molecule has 4 unspecified atom stereocenters. The van der Waals surface area contributed by atoms with Gasteiger partial charge in [-0.05, 0) is 31.6 Å². The number of carbonyl (C=O) groups is 1. The van der Waals surface area contributed by atoms with Gasteiger partial charge >= 0.3 is 5.97 Å². The van der Waals surface area contributed by atoms with E-state index in [4.69, 9.17) is 9.47 Å². The summed E-state index contributed by atoms with van der Waals surface area (Å²) in [6.45, 7) is 3.43. The van der Waals surface area contributed by atoms with Crippen molar-refractivity contribution in [2.24, 2.45) is 11.3 Å². The van der Waals surface area contributed by atoms with E-state index >= 15 is 0 Å². The molecule has 0 bridgehead atoms. The first-order chi connectivity index (χ1) is 9.95. The summed E-state index contributed by atoms with van der Waals surface area (Å²) in [6.07, 6.45) is 1.14. The van der Waals surface area contributed by atoms with E-state index in [-0.39, 0.29) is 19.1 Å². The number of aliphatic carboxylic acids is 1. The summed E-state index contributed by atoms with van der Waals surface area (Å²) in [7, 11) is 0. The molecule has 1 heterocycles. The highest BCUT2D eigenvalue weighted by atomic mass is 16.7. The summed E-state index contributed by atoms with van der Waals surface area (Å²) in [5.74, 6) is -0.256. The Labute approximate surface area is 124 Å². The second-order valence-electron chi connectivity index (χ2n) is 6.20. The molecule has 0 spiro atoms. The molecule has 21 heavy (non-hydrogen) atoms. The van der Waals surface area contributed by atoms with Crippen molar-refractivity contribution in [1.82, 2.24) is 0 Å². The fourth-order valence-electron chi connectivity index (χ4n) is 3.38. The average molecular weight is 300 g/mol. The van der Waals surface area contributed by atoms with Crippen LogP contribution in [0.1, 0.15) is 39.5 Å². The Hall–Kier alpha value is -1.27. The molecular formula is C15H24O6. The Morgan fingerprint density at radius 2 is 1.86 bits per heavy atom. The molecule has 4 atom stereocenters. The molecule has 0 aromatic carbocycles. The number of allylic oxidation sites excluding steroid dienone is 1. The van der Waals surface area contributed by atoms with Crippen LogP contribution in [0.4, 0.5) is 0 Å². The molecule has 1 saturated heterocycles. The lowest BCUT2D eigenvalue weighted by atomic mass is 9.67. The van der Waals surface area contributed by atoms with Gasteiger partial charge in [-0.25, -0.2) is 0 Å². The lowest BCUT2D eigenvalue weighted by Gasteiger charge is -2.37. The maximum Gasteiger partial charge on any atom is 0.309 e. The second-order valence-corrected chi connectivity index (χ2v) is 6.20. The van der Waals surface area contributed by atoms with E-state index in [1.807, 2.05) is 13.8 Å². The van der Waals surface area contributed by atoms with Crippen LogP contribution in [0.25, 0.3) is 0 Å². The van der Waals surface area contributed by atoms with Gasteiger partial charge in [-0.15, -0.1) is 0 Å². The summed E-state index contributed by atoms with van der Waals surface area (Å²) < 4.78 is 11.1. The van der Waals surface area contributed by atoms with Gasteiger partial charge in [0.25, 0.3) is 5.95 Å². The van der Waals surface area contributed by atoms with Crippen LogP contribution in [0.3, 0.4) is 0 Å². The molecule has 1 aliphatic heterocycles. The maximum absolute atomic E-state index is 11.7. The zero-order valence-electron chi connectivity index (χ0n) is 12.5. The van der Waals surface area contributed by atoms with Gasteiger partial charge in [0, 0.05) is 5.57 Å². The van der Waals surface area contributed by atoms with Gasteiger partial charge in [-0.2, -0.15) is 0 Å². The van der Waals surface area contributed by atoms with Crippen LogP contribution in [0.5, 0.6) is 0 Å². The first-order valence-electron chi connectivity index (χ1n) is 7.46. The van der Waals surface area contributed by atoms with Crippen molar-refractivity contribution >= 4 is 5.97 Å². The fraction of sp³-hybridized carbons (Fsp3) is 0.800. The van der Waals surface area contributed by atoms with Crippen molar-refractivity contribution in [2.75, 3.05) is 13.2 Å². The normalized spacial score (nSPS) is 36.3. The van der Waals surface area contributed by atoms with Crippen molar-refractivity contribution in [3.63, 3.8) is 0 Å². The number of carboxylic acid groups (broad SMARTS) is 1. The molecule has 2 rings (SSSR count). The van der Waals surface area contributed by atoms with Crippen LogP contribution >= 0.6 is 0 Å². The monoisotopic (exact) mass is 300 g/mol. The summed E-state index contributed by atoms with van der Waals surface area (Å²) >= 11 is 0. The Balaban J connectivity index is 2.27. The third kappa shape index (κ3) is 3.01. The van der Waals surface area contributed by atoms with Gasteiger partial charge in [-0.3, -0.25) is 4.79 Å². The van der Waals surface area contributed by atoms with Crippen LogP contribution in [0, 0.1) is 11.3 Å². The highest BCUT2D eigenvalue weighted by Crippen LogP contribution is 2.46. The van der Waals surface area contributed by atoms with Gasteiger partial charge < -0.3 is 24.8 Å². The molecule has 0 radical (unpaired) electrons. The Bertz CT molecular complexity index is 418. The molecule has 2 fully saturated rings. The van der Waals surface area contributed by atoms with E-state index < -0.39 is 23.6 Å². The number of hydrogen-bond donors (Lipinski definition) is 3. The molecule has 120 valence electrons. The van der Waals surface area contributed by atoms with E-state index in [2.05, 4.69) is 0 Å². The van der Waals surface area contributed by atoms with Crippen LogP contribution in [0.15, 0.2) is 11.5 Å².